The van der Waals surface area contributed by atoms with E-state index in [9.17, 15) is 14.7 Å². The lowest BCUT2D eigenvalue weighted by molar-refractivity contribution is -0.134. The quantitative estimate of drug-likeness (QED) is 0.530. The molecular weight excluding hydrogens is 430 g/mol. The number of hydrogen-bond donors (Lipinski definition) is 3. The molecule has 0 radical (unpaired) electrons. The monoisotopic (exact) mass is 471 g/mol. The molecule has 0 bridgehead atoms. The number of nitrogens with one attached hydrogen (secondary N) is 2. The lowest BCUT2D eigenvalue weighted by Gasteiger charge is -2.50. The van der Waals surface area contributed by atoms with Crippen molar-refractivity contribution in [2.75, 3.05) is 47.3 Å². The molecule has 1 aromatic carbocycles. The van der Waals surface area contributed by atoms with E-state index >= 15 is 0 Å². The molecule has 8 heteroatoms. The largest absolute Gasteiger partial charge is 0.365 e. The first-order valence-corrected chi connectivity index (χ1v) is 12.7. The van der Waals surface area contributed by atoms with Gasteiger partial charge in [-0.1, -0.05) is 36.8 Å². The normalized spacial score (nSPS) is 30.3. The summed E-state index contributed by atoms with van der Waals surface area (Å²) in [5.41, 5.74) is 1.12. The summed E-state index contributed by atoms with van der Waals surface area (Å²) in [6, 6.07) is 10.7. The average molecular weight is 472 g/mol. The van der Waals surface area contributed by atoms with Crippen LogP contribution in [0.1, 0.15) is 50.5 Å². The highest BCUT2D eigenvalue weighted by Crippen LogP contribution is 2.48. The molecular formula is C26H41N5O3. The van der Waals surface area contributed by atoms with Gasteiger partial charge in [0.05, 0.1) is 13.1 Å². The van der Waals surface area contributed by atoms with E-state index in [0.717, 1.165) is 32.2 Å². The number of aliphatic hydroxyl groups is 1. The maximum Gasteiger partial charge on any atom is 0.241 e. The molecule has 1 spiro atoms. The van der Waals surface area contributed by atoms with Gasteiger partial charge in [0.15, 0.2) is 6.35 Å². The number of benzene rings is 1. The van der Waals surface area contributed by atoms with Crippen molar-refractivity contribution in [2.45, 2.75) is 62.4 Å². The first-order chi connectivity index (χ1) is 16.3. The summed E-state index contributed by atoms with van der Waals surface area (Å²) >= 11 is 0. The second-order valence-corrected chi connectivity index (χ2v) is 10.7. The molecule has 1 atom stereocenters. The molecule has 1 saturated heterocycles. The van der Waals surface area contributed by atoms with Gasteiger partial charge < -0.3 is 20.6 Å². The lowest BCUT2D eigenvalue weighted by atomic mass is 9.68. The standard InChI is InChI=1S/C26H41N5O3/c1-27-26(21-10-5-4-6-11-21)14-12-25(13-15-26)19-30(18-22(32)28-16-23(33)29(2)3)24(34)31(25)17-20-8-7-9-20/h4-6,10-11,20,24,27,34H,7-9,12-19H2,1-3H3,(H,28,32)/t24?,25-,26+. The molecule has 1 unspecified atom stereocenters. The van der Waals surface area contributed by atoms with Crippen LogP contribution < -0.4 is 10.6 Å². The van der Waals surface area contributed by atoms with Crippen molar-refractivity contribution in [1.82, 2.24) is 25.3 Å². The summed E-state index contributed by atoms with van der Waals surface area (Å²) in [7, 11) is 5.39. The minimum Gasteiger partial charge on any atom is -0.365 e. The Kier molecular flexibility index (Phi) is 7.62. The Morgan fingerprint density at radius 2 is 1.79 bits per heavy atom. The van der Waals surface area contributed by atoms with Crippen LogP contribution in [0.15, 0.2) is 30.3 Å². The van der Waals surface area contributed by atoms with E-state index in [-0.39, 0.29) is 36.0 Å². The third-order valence-corrected chi connectivity index (χ3v) is 8.51. The van der Waals surface area contributed by atoms with E-state index in [0.29, 0.717) is 12.5 Å². The van der Waals surface area contributed by atoms with Gasteiger partial charge in [-0.3, -0.25) is 19.4 Å². The predicted octanol–water partition coefficient (Wildman–Crippen LogP) is 1.31. The number of rotatable bonds is 8. The maximum atomic E-state index is 12.6. The van der Waals surface area contributed by atoms with Crippen LogP contribution in [0.3, 0.4) is 0 Å². The summed E-state index contributed by atoms with van der Waals surface area (Å²) in [6.45, 7) is 1.63. The van der Waals surface area contributed by atoms with Gasteiger partial charge in [-0.2, -0.15) is 0 Å². The molecule has 188 valence electrons. The fourth-order valence-electron chi connectivity index (χ4n) is 5.97. The van der Waals surface area contributed by atoms with Gasteiger partial charge in [-0.15, -0.1) is 0 Å². The number of hydrogen-bond acceptors (Lipinski definition) is 6. The minimum atomic E-state index is -0.769. The Bertz CT molecular complexity index is 849. The molecule has 34 heavy (non-hydrogen) atoms. The Morgan fingerprint density at radius 1 is 1.12 bits per heavy atom. The highest BCUT2D eigenvalue weighted by atomic mass is 16.3. The average Bonchev–Trinajstić information content (AvgIpc) is 3.06. The fourth-order valence-corrected chi connectivity index (χ4v) is 5.97. The second-order valence-electron chi connectivity index (χ2n) is 10.7. The van der Waals surface area contributed by atoms with Gasteiger partial charge in [0, 0.05) is 38.3 Å². The number of aliphatic hydroxyl groups excluding tert-OH is 1. The molecule has 3 aliphatic rings. The van der Waals surface area contributed by atoms with Crippen LogP contribution in [-0.2, 0) is 15.1 Å². The van der Waals surface area contributed by atoms with Crippen LogP contribution in [0, 0.1) is 5.92 Å². The van der Waals surface area contributed by atoms with E-state index in [2.05, 4.69) is 45.9 Å². The number of nitrogens with zero attached hydrogens (tertiary/aromatic N) is 3. The van der Waals surface area contributed by atoms with E-state index in [1.807, 2.05) is 11.9 Å². The van der Waals surface area contributed by atoms with Gasteiger partial charge in [-0.05, 0) is 57.1 Å². The van der Waals surface area contributed by atoms with Crippen LogP contribution in [0.4, 0.5) is 0 Å². The topological polar surface area (TPSA) is 88.2 Å². The molecule has 2 aliphatic carbocycles. The molecule has 4 rings (SSSR count). The molecule has 0 aromatic heterocycles. The zero-order valence-corrected chi connectivity index (χ0v) is 20.9. The molecule has 1 heterocycles. The molecule has 1 aliphatic heterocycles. The summed E-state index contributed by atoms with van der Waals surface area (Å²) in [4.78, 5) is 30.1. The molecule has 8 nitrogen and oxygen atoms in total. The highest BCUT2D eigenvalue weighted by molar-refractivity contribution is 5.85. The summed E-state index contributed by atoms with van der Waals surface area (Å²) in [6.07, 6.45) is 6.83. The zero-order chi connectivity index (χ0) is 24.3. The van der Waals surface area contributed by atoms with Crippen molar-refractivity contribution >= 4 is 11.8 Å². The van der Waals surface area contributed by atoms with Gasteiger partial charge in [0.2, 0.25) is 11.8 Å². The SMILES string of the molecule is CN[C@]1(c2ccccc2)CC[C@]2(CC1)CN(CC(=O)NCC(=O)N(C)C)C(O)N2CC1CCC1. The van der Waals surface area contributed by atoms with Gasteiger partial charge in [0.25, 0.3) is 0 Å². The van der Waals surface area contributed by atoms with Crippen LogP contribution in [0.5, 0.6) is 0 Å². The third kappa shape index (κ3) is 5.00. The fraction of sp³-hybridized carbons (Fsp3) is 0.692. The van der Waals surface area contributed by atoms with Crippen molar-refractivity contribution in [2.24, 2.45) is 5.92 Å². The van der Waals surface area contributed by atoms with Crippen molar-refractivity contribution < 1.29 is 14.7 Å². The zero-order valence-electron chi connectivity index (χ0n) is 20.9. The minimum absolute atomic E-state index is 0.0194. The van der Waals surface area contributed by atoms with Crippen LogP contribution in [0.2, 0.25) is 0 Å². The molecule has 3 N–H and O–H groups in total. The predicted molar refractivity (Wildman–Crippen MR) is 132 cm³/mol. The van der Waals surface area contributed by atoms with Crippen LogP contribution >= 0.6 is 0 Å². The molecule has 1 aromatic rings. The molecule has 2 saturated carbocycles. The summed E-state index contributed by atoms with van der Waals surface area (Å²) in [5, 5.41) is 17.7. The van der Waals surface area contributed by atoms with E-state index in [4.69, 9.17) is 0 Å². The number of likely N-dealkylation sites (N-methyl/N-ethyl adjacent to an activating group) is 1. The van der Waals surface area contributed by atoms with Crippen molar-refractivity contribution in [1.29, 1.82) is 0 Å². The number of carbonyl (C=O) groups excluding carboxylic acids is 2. The van der Waals surface area contributed by atoms with E-state index < -0.39 is 6.35 Å². The Morgan fingerprint density at radius 3 is 2.35 bits per heavy atom. The van der Waals surface area contributed by atoms with E-state index in [1.165, 1.54) is 29.7 Å². The smallest absolute Gasteiger partial charge is 0.241 e. The summed E-state index contributed by atoms with van der Waals surface area (Å²) < 4.78 is 0. The van der Waals surface area contributed by atoms with E-state index in [1.54, 1.807) is 14.1 Å². The Balaban J connectivity index is 1.46. The lowest BCUT2D eigenvalue weighted by Crippen LogP contribution is -2.57. The molecule has 3 fully saturated rings. The van der Waals surface area contributed by atoms with Crippen LogP contribution in [0.25, 0.3) is 0 Å². The molecule has 2 amide bonds. The highest BCUT2D eigenvalue weighted by Gasteiger charge is 2.54. The van der Waals surface area contributed by atoms with Gasteiger partial charge in [-0.25, -0.2) is 0 Å². The summed E-state index contributed by atoms with van der Waals surface area (Å²) in [5.74, 6) is 0.262. The van der Waals surface area contributed by atoms with Crippen molar-refractivity contribution in [3.05, 3.63) is 35.9 Å². The van der Waals surface area contributed by atoms with Gasteiger partial charge in [0.1, 0.15) is 0 Å². The second kappa shape index (κ2) is 10.3. The van der Waals surface area contributed by atoms with Crippen LogP contribution in [-0.4, -0.2) is 90.8 Å². The Labute approximate surface area is 203 Å². The van der Waals surface area contributed by atoms with Crippen molar-refractivity contribution in [3.8, 4) is 0 Å². The number of carbonyl (C=O) groups is 2. The Hall–Kier alpha value is -2.00. The first kappa shape index (κ1) is 25.1. The first-order valence-electron chi connectivity index (χ1n) is 12.7. The third-order valence-electron chi connectivity index (χ3n) is 8.51. The maximum absolute atomic E-state index is 12.6. The van der Waals surface area contributed by atoms with Gasteiger partial charge >= 0.3 is 0 Å². The number of amides is 2. The van der Waals surface area contributed by atoms with Crippen molar-refractivity contribution in [3.63, 3.8) is 0 Å².